The highest BCUT2D eigenvalue weighted by atomic mass is 31.2. The number of nitrogens with two attached hydrogens (primary N) is 1. The summed E-state index contributed by atoms with van der Waals surface area (Å²) in [6, 6.07) is 0. The molecule has 0 aromatic carbocycles. The van der Waals surface area contributed by atoms with E-state index in [1.807, 2.05) is 30.4 Å². The maximum atomic E-state index is 12.6. The van der Waals surface area contributed by atoms with E-state index in [2.05, 4.69) is 32.1 Å². The third-order valence-electron chi connectivity index (χ3n) is 9.82. The Hall–Kier alpha value is -2.03. The smallest absolute Gasteiger partial charge is 0.462 e. The fourth-order valence-corrected chi connectivity index (χ4v) is 7.18. The SMILES string of the molecule is CC/C=C/C=C/C=C/C=C/CCCCCCCC(=O)OC[C@H](COP(=O)(O)OCCN)OC(=O)CCCCCCCCCCCCCCCCCCCCCCC. The minimum Gasteiger partial charge on any atom is -0.462 e. The van der Waals surface area contributed by atoms with Gasteiger partial charge in [0.2, 0.25) is 0 Å². The van der Waals surface area contributed by atoms with Crippen molar-refractivity contribution in [1.82, 2.24) is 0 Å². The van der Waals surface area contributed by atoms with E-state index in [9.17, 15) is 19.0 Å². The molecule has 0 aromatic heterocycles. The first-order valence-corrected chi connectivity index (χ1v) is 24.7. The molecule has 0 spiro atoms. The lowest BCUT2D eigenvalue weighted by Gasteiger charge is -2.19. The molecule has 0 saturated heterocycles. The summed E-state index contributed by atoms with van der Waals surface area (Å²) in [5.41, 5.74) is 5.35. The van der Waals surface area contributed by atoms with Crippen LogP contribution in [0.15, 0.2) is 48.6 Å². The van der Waals surface area contributed by atoms with Gasteiger partial charge in [-0.3, -0.25) is 18.6 Å². The van der Waals surface area contributed by atoms with Crippen molar-refractivity contribution in [2.75, 3.05) is 26.4 Å². The number of carbonyl (C=O) groups excluding carboxylic acids is 2. The molecule has 0 fully saturated rings. The maximum Gasteiger partial charge on any atom is 0.472 e. The zero-order valence-corrected chi connectivity index (χ0v) is 37.5. The van der Waals surface area contributed by atoms with Gasteiger partial charge < -0.3 is 20.1 Å². The summed E-state index contributed by atoms with van der Waals surface area (Å²) in [7, 11) is -4.38. The number of phosphoric ester groups is 1. The lowest BCUT2D eigenvalue weighted by Crippen LogP contribution is -2.29. The summed E-state index contributed by atoms with van der Waals surface area (Å²) in [6.07, 6.45) is 50.0. The number of phosphoric acid groups is 1. The highest BCUT2D eigenvalue weighted by Crippen LogP contribution is 2.43. The van der Waals surface area contributed by atoms with E-state index in [1.165, 1.54) is 116 Å². The first-order chi connectivity index (χ1) is 27.8. The van der Waals surface area contributed by atoms with Gasteiger partial charge in [0.25, 0.3) is 0 Å². The Morgan fingerprint density at radius 1 is 0.544 bits per heavy atom. The summed E-state index contributed by atoms with van der Waals surface area (Å²) in [6.45, 7) is 3.59. The van der Waals surface area contributed by atoms with Gasteiger partial charge in [0, 0.05) is 19.4 Å². The number of allylic oxidation sites excluding steroid dienone is 8. The molecule has 0 radical (unpaired) electrons. The van der Waals surface area contributed by atoms with E-state index in [0.717, 1.165) is 51.4 Å². The predicted octanol–water partition coefficient (Wildman–Crippen LogP) is 13.5. The lowest BCUT2D eigenvalue weighted by molar-refractivity contribution is -0.161. The van der Waals surface area contributed by atoms with Gasteiger partial charge in [-0.25, -0.2) is 4.57 Å². The minimum atomic E-state index is -4.38. The van der Waals surface area contributed by atoms with Crippen LogP contribution in [-0.2, 0) is 32.7 Å². The van der Waals surface area contributed by atoms with Crippen LogP contribution in [0.2, 0.25) is 0 Å². The first-order valence-electron chi connectivity index (χ1n) is 23.2. The summed E-state index contributed by atoms with van der Waals surface area (Å²) in [4.78, 5) is 34.9. The van der Waals surface area contributed by atoms with Gasteiger partial charge in [-0.2, -0.15) is 0 Å². The van der Waals surface area contributed by atoms with Crippen molar-refractivity contribution in [3.8, 4) is 0 Å². The zero-order chi connectivity index (χ0) is 41.8. The van der Waals surface area contributed by atoms with E-state index in [1.54, 1.807) is 0 Å². The largest absolute Gasteiger partial charge is 0.472 e. The molecule has 3 N–H and O–H groups in total. The van der Waals surface area contributed by atoms with Crippen LogP contribution in [0.1, 0.15) is 206 Å². The highest BCUT2D eigenvalue weighted by molar-refractivity contribution is 7.47. The quantitative estimate of drug-likeness (QED) is 0.0267. The molecule has 332 valence electrons. The molecule has 9 nitrogen and oxygen atoms in total. The summed E-state index contributed by atoms with van der Waals surface area (Å²) >= 11 is 0. The average Bonchev–Trinajstić information content (AvgIpc) is 3.20. The summed E-state index contributed by atoms with van der Waals surface area (Å²) < 4.78 is 32.8. The van der Waals surface area contributed by atoms with Crippen LogP contribution >= 0.6 is 7.82 Å². The minimum absolute atomic E-state index is 0.0493. The van der Waals surface area contributed by atoms with Gasteiger partial charge in [0.05, 0.1) is 13.2 Å². The monoisotopic (exact) mass is 824 g/mol. The van der Waals surface area contributed by atoms with Gasteiger partial charge >= 0.3 is 19.8 Å². The van der Waals surface area contributed by atoms with Gasteiger partial charge in [0.15, 0.2) is 6.10 Å². The van der Waals surface area contributed by atoms with Crippen LogP contribution in [-0.4, -0.2) is 49.3 Å². The number of ether oxygens (including phenoxy) is 2. The molecule has 10 heteroatoms. The van der Waals surface area contributed by atoms with E-state index in [0.29, 0.717) is 12.8 Å². The van der Waals surface area contributed by atoms with Gasteiger partial charge in [-0.1, -0.05) is 210 Å². The Morgan fingerprint density at radius 3 is 1.44 bits per heavy atom. The topological polar surface area (TPSA) is 134 Å². The van der Waals surface area contributed by atoms with Crippen LogP contribution in [0.5, 0.6) is 0 Å². The molecular weight excluding hydrogens is 737 g/mol. The Morgan fingerprint density at radius 2 is 0.965 bits per heavy atom. The number of hydrogen-bond acceptors (Lipinski definition) is 8. The summed E-state index contributed by atoms with van der Waals surface area (Å²) in [5.74, 6) is -0.850. The van der Waals surface area contributed by atoms with Gasteiger partial charge in [-0.15, -0.1) is 0 Å². The molecule has 0 aromatic rings. The molecule has 0 aliphatic carbocycles. The fourth-order valence-electron chi connectivity index (χ4n) is 6.41. The van der Waals surface area contributed by atoms with Crippen molar-refractivity contribution in [3.63, 3.8) is 0 Å². The fraction of sp³-hybridized carbons (Fsp3) is 0.787. The first kappa shape index (κ1) is 55.0. The van der Waals surface area contributed by atoms with Crippen molar-refractivity contribution < 1.29 is 37.6 Å². The van der Waals surface area contributed by atoms with E-state index >= 15 is 0 Å². The molecule has 57 heavy (non-hydrogen) atoms. The Balaban J connectivity index is 4.09. The Bertz CT molecular complexity index is 1080. The predicted molar refractivity (Wildman–Crippen MR) is 238 cm³/mol. The average molecular weight is 824 g/mol. The van der Waals surface area contributed by atoms with Crippen molar-refractivity contribution >= 4 is 19.8 Å². The van der Waals surface area contributed by atoms with Crippen molar-refractivity contribution in [3.05, 3.63) is 48.6 Å². The highest BCUT2D eigenvalue weighted by Gasteiger charge is 2.26. The standard InChI is InChI=1S/C47H86NO8P/c1-3-5-7-9-11-13-15-17-19-20-21-22-23-24-26-28-30-32-34-36-38-40-47(50)56-45(44-55-57(51,52)54-42-41-48)43-53-46(49)39-37-35-33-31-29-27-25-18-16-14-12-10-8-6-4-2/h6,8,10,12,14,16,18,25,45H,3-5,7,9,11,13,15,17,19-24,26-44,48H2,1-2H3,(H,51,52)/b8-6+,12-10+,16-14+,25-18+/t45-/m1/s1. The molecule has 0 saturated carbocycles. The maximum absolute atomic E-state index is 12.6. The second kappa shape index (κ2) is 43.5. The van der Waals surface area contributed by atoms with Crippen molar-refractivity contribution in [2.24, 2.45) is 5.73 Å². The van der Waals surface area contributed by atoms with Crippen LogP contribution in [0.25, 0.3) is 0 Å². The van der Waals surface area contributed by atoms with Crippen LogP contribution in [0.4, 0.5) is 0 Å². The Kier molecular flexibility index (Phi) is 42.0. The third-order valence-corrected chi connectivity index (χ3v) is 10.8. The number of unbranched alkanes of at least 4 members (excludes halogenated alkanes) is 25. The summed E-state index contributed by atoms with van der Waals surface area (Å²) in [5, 5.41) is 0. The normalized spacial score (nSPS) is 13.7. The van der Waals surface area contributed by atoms with Crippen molar-refractivity contribution in [2.45, 2.75) is 213 Å². The second-order valence-electron chi connectivity index (χ2n) is 15.3. The van der Waals surface area contributed by atoms with E-state index < -0.39 is 32.5 Å². The van der Waals surface area contributed by atoms with Gasteiger partial charge in [-0.05, 0) is 32.1 Å². The molecule has 0 heterocycles. The molecule has 0 rings (SSSR count). The van der Waals surface area contributed by atoms with Gasteiger partial charge in [0.1, 0.15) is 6.61 Å². The second-order valence-corrected chi connectivity index (χ2v) is 16.8. The Labute approximate surface area is 349 Å². The third kappa shape index (κ3) is 43.4. The van der Waals surface area contributed by atoms with Crippen LogP contribution in [0, 0.1) is 0 Å². The molecule has 1 unspecified atom stereocenters. The number of carbonyl (C=O) groups is 2. The lowest BCUT2D eigenvalue weighted by atomic mass is 10.0. The molecular formula is C47H86NO8P. The number of rotatable bonds is 43. The number of hydrogen-bond donors (Lipinski definition) is 2. The molecule has 0 aliphatic rings. The van der Waals surface area contributed by atoms with Crippen LogP contribution < -0.4 is 5.73 Å². The molecule has 0 bridgehead atoms. The molecule has 2 atom stereocenters. The van der Waals surface area contributed by atoms with Crippen LogP contribution in [0.3, 0.4) is 0 Å². The van der Waals surface area contributed by atoms with E-state index in [4.69, 9.17) is 24.3 Å². The molecule has 0 amide bonds. The van der Waals surface area contributed by atoms with E-state index in [-0.39, 0.29) is 32.6 Å². The molecule has 0 aliphatic heterocycles. The van der Waals surface area contributed by atoms with Crippen molar-refractivity contribution in [1.29, 1.82) is 0 Å². The number of esters is 2. The zero-order valence-electron chi connectivity index (χ0n) is 36.6.